The first kappa shape index (κ1) is 17.5. The second-order valence-electron chi connectivity index (χ2n) is 6.34. The van der Waals surface area contributed by atoms with Gasteiger partial charge < -0.3 is 14.1 Å². The number of aromatic nitrogens is 2. The lowest BCUT2D eigenvalue weighted by Gasteiger charge is -2.22. The monoisotopic (exact) mass is 383 g/mol. The van der Waals surface area contributed by atoms with E-state index in [9.17, 15) is 4.79 Å². The predicted molar refractivity (Wildman–Crippen MR) is 99.0 cm³/mol. The molecule has 2 heterocycles. The highest BCUT2D eigenvalue weighted by Gasteiger charge is 2.35. The summed E-state index contributed by atoms with van der Waals surface area (Å²) in [5.41, 5.74) is 1.07. The molecule has 0 radical (unpaired) electrons. The number of hydrogen-bond donors (Lipinski definition) is 0. The highest BCUT2D eigenvalue weighted by atomic mass is 35.5. The van der Waals surface area contributed by atoms with Crippen molar-refractivity contribution in [3.8, 4) is 5.75 Å². The molecule has 27 heavy (non-hydrogen) atoms. The van der Waals surface area contributed by atoms with Gasteiger partial charge >= 0.3 is 0 Å². The maximum atomic E-state index is 12.3. The van der Waals surface area contributed by atoms with E-state index in [0.29, 0.717) is 41.9 Å². The molecule has 1 aliphatic rings. The average molecular weight is 384 g/mol. The zero-order valence-corrected chi connectivity index (χ0v) is 15.3. The van der Waals surface area contributed by atoms with Crippen LogP contribution in [0, 0.1) is 0 Å². The van der Waals surface area contributed by atoms with Gasteiger partial charge in [0, 0.05) is 18.0 Å². The summed E-state index contributed by atoms with van der Waals surface area (Å²) in [5, 5.41) is 8.84. The molecule has 2 aromatic carbocycles. The van der Waals surface area contributed by atoms with Gasteiger partial charge in [-0.1, -0.05) is 41.9 Å². The van der Waals surface area contributed by atoms with Gasteiger partial charge in [-0.2, -0.15) is 0 Å². The van der Waals surface area contributed by atoms with Crippen LogP contribution in [0.1, 0.15) is 36.2 Å². The van der Waals surface area contributed by atoms with Gasteiger partial charge in [0.05, 0.1) is 0 Å². The van der Waals surface area contributed by atoms with E-state index in [-0.39, 0.29) is 18.6 Å². The summed E-state index contributed by atoms with van der Waals surface area (Å²) in [5.74, 6) is 1.59. The maximum Gasteiger partial charge on any atom is 0.253 e. The molecule has 0 unspecified atom stereocenters. The number of amides is 1. The Morgan fingerprint density at radius 1 is 1.11 bits per heavy atom. The molecule has 0 saturated carbocycles. The quantitative estimate of drug-likeness (QED) is 0.639. The molecule has 0 aliphatic carbocycles. The second-order valence-corrected chi connectivity index (χ2v) is 6.77. The van der Waals surface area contributed by atoms with Gasteiger partial charge in [-0.3, -0.25) is 4.79 Å². The molecule has 1 atom stereocenters. The van der Waals surface area contributed by atoms with Crippen molar-refractivity contribution in [3.05, 3.63) is 77.0 Å². The molecule has 138 valence electrons. The largest absolute Gasteiger partial charge is 0.484 e. The van der Waals surface area contributed by atoms with Crippen molar-refractivity contribution in [1.29, 1.82) is 0 Å². The van der Waals surface area contributed by atoms with E-state index in [1.807, 2.05) is 30.3 Å². The molecule has 1 amide bonds. The molecule has 0 spiro atoms. The van der Waals surface area contributed by atoms with Gasteiger partial charge in [-0.15, -0.1) is 10.2 Å². The Labute approximate surface area is 161 Å². The number of halogens is 1. The topological polar surface area (TPSA) is 68.5 Å². The van der Waals surface area contributed by atoms with Crippen LogP contribution in [0.3, 0.4) is 0 Å². The van der Waals surface area contributed by atoms with Crippen molar-refractivity contribution in [1.82, 2.24) is 15.1 Å². The lowest BCUT2D eigenvalue weighted by molar-refractivity contribution is -0.129. The van der Waals surface area contributed by atoms with Crippen LogP contribution in [0.2, 0.25) is 5.02 Å². The first-order chi connectivity index (χ1) is 13.2. The molecule has 1 saturated heterocycles. The average Bonchev–Trinajstić information content (AvgIpc) is 3.29. The Morgan fingerprint density at radius 2 is 1.89 bits per heavy atom. The molecular formula is C20H18ClN3O3. The summed E-state index contributed by atoms with van der Waals surface area (Å²) in [4.78, 5) is 14.1. The molecule has 0 bridgehead atoms. The Morgan fingerprint density at radius 3 is 2.67 bits per heavy atom. The highest BCUT2D eigenvalue weighted by molar-refractivity contribution is 6.30. The number of rotatable bonds is 6. The molecule has 4 rings (SSSR count). The number of likely N-dealkylation sites (tertiary alicyclic amines) is 1. The van der Waals surface area contributed by atoms with Gasteiger partial charge in [-0.25, -0.2) is 0 Å². The highest BCUT2D eigenvalue weighted by Crippen LogP contribution is 2.33. The minimum atomic E-state index is -0.200. The van der Waals surface area contributed by atoms with Crippen molar-refractivity contribution >= 4 is 17.5 Å². The van der Waals surface area contributed by atoms with E-state index in [4.69, 9.17) is 20.8 Å². The Kier molecular flexibility index (Phi) is 5.07. The summed E-state index contributed by atoms with van der Waals surface area (Å²) in [6.07, 6.45) is 1.15. The minimum Gasteiger partial charge on any atom is -0.484 e. The molecule has 3 aromatic rings. The van der Waals surface area contributed by atoms with Gasteiger partial charge in [-0.05, 0) is 36.2 Å². The normalized spacial score (nSPS) is 16.7. The molecule has 1 aromatic heterocycles. The summed E-state index contributed by atoms with van der Waals surface area (Å²) in [7, 11) is 0. The Hall–Kier alpha value is -2.86. The predicted octanol–water partition coefficient (Wildman–Crippen LogP) is 4.17. The summed E-state index contributed by atoms with van der Waals surface area (Å²) >= 11 is 5.86. The summed E-state index contributed by atoms with van der Waals surface area (Å²) in [6.45, 7) is 0.692. The first-order valence-corrected chi connectivity index (χ1v) is 9.11. The smallest absolute Gasteiger partial charge is 0.253 e. The molecule has 6 nitrogen and oxygen atoms in total. The zero-order chi connectivity index (χ0) is 18.6. The second kappa shape index (κ2) is 7.80. The lowest BCUT2D eigenvalue weighted by atomic mass is 10.2. The molecular weight excluding hydrogens is 366 g/mol. The van der Waals surface area contributed by atoms with Gasteiger partial charge in [0.1, 0.15) is 11.8 Å². The summed E-state index contributed by atoms with van der Waals surface area (Å²) in [6, 6.07) is 16.7. The van der Waals surface area contributed by atoms with E-state index in [1.54, 1.807) is 29.2 Å². The van der Waals surface area contributed by atoms with Gasteiger partial charge in [0.15, 0.2) is 6.61 Å². The third-order valence-electron chi connectivity index (χ3n) is 4.47. The van der Waals surface area contributed by atoms with Crippen molar-refractivity contribution in [2.45, 2.75) is 32.0 Å². The van der Waals surface area contributed by atoms with Crippen LogP contribution in [0.15, 0.2) is 59.0 Å². The number of hydrogen-bond acceptors (Lipinski definition) is 5. The van der Waals surface area contributed by atoms with Crippen molar-refractivity contribution in [2.24, 2.45) is 0 Å². The van der Waals surface area contributed by atoms with Crippen molar-refractivity contribution < 1.29 is 13.9 Å². The van der Waals surface area contributed by atoms with E-state index < -0.39 is 0 Å². The molecule has 1 aliphatic heterocycles. The fraction of sp³-hybridized carbons (Fsp3) is 0.250. The number of carbonyl (C=O) groups is 1. The van der Waals surface area contributed by atoms with Crippen LogP contribution in [0.5, 0.6) is 5.75 Å². The van der Waals surface area contributed by atoms with E-state index in [0.717, 1.165) is 5.56 Å². The Balaban J connectivity index is 1.43. The first-order valence-electron chi connectivity index (χ1n) is 8.73. The van der Waals surface area contributed by atoms with E-state index >= 15 is 0 Å². The van der Waals surface area contributed by atoms with Crippen LogP contribution in [0.4, 0.5) is 0 Å². The number of ether oxygens (including phenoxy) is 1. The van der Waals surface area contributed by atoms with Crippen LogP contribution < -0.4 is 4.74 Å². The van der Waals surface area contributed by atoms with Crippen LogP contribution in [-0.2, 0) is 17.9 Å². The van der Waals surface area contributed by atoms with Crippen LogP contribution >= 0.6 is 11.6 Å². The summed E-state index contributed by atoms with van der Waals surface area (Å²) < 4.78 is 11.4. The van der Waals surface area contributed by atoms with Crippen molar-refractivity contribution in [3.63, 3.8) is 0 Å². The maximum absolute atomic E-state index is 12.3. The van der Waals surface area contributed by atoms with Gasteiger partial charge in [0.2, 0.25) is 11.8 Å². The van der Waals surface area contributed by atoms with Crippen molar-refractivity contribution in [2.75, 3.05) is 0 Å². The zero-order valence-electron chi connectivity index (χ0n) is 14.5. The number of carbonyl (C=O) groups excluding carboxylic acids is 1. The van der Waals surface area contributed by atoms with E-state index in [1.165, 1.54) is 0 Å². The fourth-order valence-corrected chi connectivity index (χ4v) is 3.23. The number of benzene rings is 2. The fourth-order valence-electron chi connectivity index (χ4n) is 3.10. The third-order valence-corrected chi connectivity index (χ3v) is 4.72. The Bertz CT molecular complexity index is 912. The van der Waals surface area contributed by atoms with Gasteiger partial charge in [0.25, 0.3) is 5.89 Å². The van der Waals surface area contributed by atoms with Crippen LogP contribution in [0.25, 0.3) is 0 Å². The van der Waals surface area contributed by atoms with Crippen LogP contribution in [-0.4, -0.2) is 21.0 Å². The standard InChI is InChI=1S/C20H18ClN3O3/c21-15-6-8-16(9-7-15)26-13-18-22-23-20(27-18)17-10-11-19(25)24(17)12-14-4-2-1-3-5-14/h1-9,17H,10-13H2/t17-/m0/s1. The molecule has 1 fully saturated rings. The number of nitrogens with zero attached hydrogens (tertiary/aromatic N) is 3. The molecule has 7 heteroatoms. The minimum absolute atomic E-state index is 0.0982. The third kappa shape index (κ3) is 4.11. The lowest BCUT2D eigenvalue weighted by Crippen LogP contribution is -2.27. The molecule has 0 N–H and O–H groups in total. The van der Waals surface area contributed by atoms with E-state index in [2.05, 4.69) is 10.2 Å². The SMILES string of the molecule is O=C1CC[C@@H](c2nnc(COc3ccc(Cl)cc3)o2)N1Cc1ccccc1.